The Bertz CT molecular complexity index is 444. The highest BCUT2D eigenvalue weighted by Gasteiger charge is 2.16. The summed E-state index contributed by atoms with van der Waals surface area (Å²) >= 11 is 6.28. The topological polar surface area (TPSA) is 3.24 Å². The number of halogens is 1. The summed E-state index contributed by atoms with van der Waals surface area (Å²) in [6.07, 6.45) is 0. The lowest BCUT2D eigenvalue weighted by Gasteiger charge is -2.20. The van der Waals surface area contributed by atoms with Crippen LogP contribution in [0.5, 0.6) is 0 Å². The van der Waals surface area contributed by atoms with Crippen molar-refractivity contribution >= 4 is 11.6 Å². The molecule has 0 aliphatic carbocycles. The van der Waals surface area contributed by atoms with Crippen molar-refractivity contribution < 1.29 is 0 Å². The Labute approximate surface area is 110 Å². The van der Waals surface area contributed by atoms with Crippen molar-refractivity contribution in [3.05, 3.63) is 34.3 Å². The Hall–Kier alpha value is -0.970. The Balaban J connectivity index is 2.92. The van der Waals surface area contributed by atoms with Gasteiger partial charge in [-0.1, -0.05) is 50.3 Å². The first-order valence-corrected chi connectivity index (χ1v) is 6.12. The molecular weight excluding hydrogens is 230 g/mol. The van der Waals surface area contributed by atoms with Crippen LogP contribution in [-0.2, 0) is 5.41 Å². The van der Waals surface area contributed by atoms with Crippen LogP contribution in [0.25, 0.3) is 0 Å². The van der Waals surface area contributed by atoms with Crippen LogP contribution >= 0.6 is 11.6 Å². The van der Waals surface area contributed by atoms with Gasteiger partial charge in [0.25, 0.3) is 0 Å². The lowest BCUT2D eigenvalue weighted by atomic mass is 9.86. The average molecular weight is 250 g/mol. The predicted octanol–water partition coefficient (Wildman–Crippen LogP) is 3.55. The molecule has 0 saturated heterocycles. The molecule has 0 amide bonds. The molecule has 0 saturated carbocycles. The summed E-state index contributed by atoms with van der Waals surface area (Å²) in [5.41, 5.74) is 2.22. The third-order valence-corrected chi connectivity index (χ3v) is 2.72. The number of nitrogens with zero attached hydrogens (tertiary/aromatic N) is 1. The van der Waals surface area contributed by atoms with Gasteiger partial charge in [-0.15, -0.1) is 0 Å². The Morgan fingerprint density at radius 3 is 2.35 bits per heavy atom. The van der Waals surface area contributed by atoms with Gasteiger partial charge in [-0.05, 0) is 37.2 Å². The molecular formula is C15H20ClN. The molecule has 0 heterocycles. The molecule has 0 fully saturated rings. The molecule has 0 N–H and O–H groups in total. The molecule has 0 bridgehead atoms. The van der Waals surface area contributed by atoms with Gasteiger partial charge in [-0.25, -0.2) is 0 Å². The van der Waals surface area contributed by atoms with E-state index in [-0.39, 0.29) is 5.41 Å². The van der Waals surface area contributed by atoms with E-state index in [0.29, 0.717) is 0 Å². The largest absolute Gasteiger partial charge is 0.299 e. The molecule has 0 radical (unpaired) electrons. The lowest BCUT2D eigenvalue weighted by Crippen LogP contribution is -2.12. The fourth-order valence-corrected chi connectivity index (χ4v) is 1.96. The standard InChI is InChI=1S/C15H20ClN/c1-15(2,3)13-9-8-12(11-14(13)16)7-6-10-17(4)5/h8-9,11H,10H2,1-5H3. The van der Waals surface area contributed by atoms with Gasteiger partial charge in [-0.2, -0.15) is 0 Å². The summed E-state index contributed by atoms with van der Waals surface area (Å²) in [6, 6.07) is 6.06. The summed E-state index contributed by atoms with van der Waals surface area (Å²) in [4.78, 5) is 2.04. The summed E-state index contributed by atoms with van der Waals surface area (Å²) in [7, 11) is 4.01. The van der Waals surface area contributed by atoms with Crippen LogP contribution < -0.4 is 0 Å². The fourth-order valence-electron chi connectivity index (χ4n) is 1.50. The zero-order valence-electron chi connectivity index (χ0n) is 11.3. The zero-order chi connectivity index (χ0) is 13.1. The van der Waals surface area contributed by atoms with Crippen molar-refractivity contribution in [3.8, 4) is 11.8 Å². The molecule has 0 aliphatic rings. The molecule has 0 aliphatic heterocycles. The molecule has 0 spiro atoms. The van der Waals surface area contributed by atoms with Gasteiger partial charge in [0, 0.05) is 10.6 Å². The van der Waals surface area contributed by atoms with E-state index in [1.165, 1.54) is 0 Å². The SMILES string of the molecule is CN(C)CC#Cc1ccc(C(C)(C)C)c(Cl)c1. The van der Waals surface area contributed by atoms with E-state index in [1.54, 1.807) is 0 Å². The van der Waals surface area contributed by atoms with Crippen molar-refractivity contribution in [1.29, 1.82) is 0 Å². The highest BCUT2D eigenvalue weighted by molar-refractivity contribution is 6.31. The van der Waals surface area contributed by atoms with E-state index in [0.717, 1.165) is 22.7 Å². The second kappa shape index (κ2) is 5.58. The smallest absolute Gasteiger partial charge is 0.0600 e. The second-order valence-electron chi connectivity index (χ2n) is 5.48. The third kappa shape index (κ3) is 4.42. The number of hydrogen-bond donors (Lipinski definition) is 0. The van der Waals surface area contributed by atoms with E-state index in [4.69, 9.17) is 11.6 Å². The highest BCUT2D eigenvalue weighted by atomic mass is 35.5. The molecule has 1 nitrogen and oxygen atoms in total. The van der Waals surface area contributed by atoms with Crippen LogP contribution in [0.3, 0.4) is 0 Å². The molecule has 92 valence electrons. The molecule has 1 aromatic rings. The van der Waals surface area contributed by atoms with E-state index < -0.39 is 0 Å². The number of benzene rings is 1. The van der Waals surface area contributed by atoms with Crippen LogP contribution in [0.15, 0.2) is 18.2 Å². The zero-order valence-corrected chi connectivity index (χ0v) is 12.0. The summed E-state index contributed by atoms with van der Waals surface area (Å²) in [6.45, 7) is 7.24. The van der Waals surface area contributed by atoms with Crippen LogP contribution in [0.2, 0.25) is 5.02 Å². The van der Waals surface area contributed by atoms with Gasteiger partial charge >= 0.3 is 0 Å². The molecule has 1 aromatic carbocycles. The van der Waals surface area contributed by atoms with Gasteiger partial charge in [0.05, 0.1) is 6.54 Å². The van der Waals surface area contributed by atoms with E-state index in [1.807, 2.05) is 31.1 Å². The van der Waals surface area contributed by atoms with Gasteiger partial charge in [-0.3, -0.25) is 4.90 Å². The lowest BCUT2D eigenvalue weighted by molar-refractivity contribution is 0.464. The highest BCUT2D eigenvalue weighted by Crippen LogP contribution is 2.29. The van der Waals surface area contributed by atoms with Gasteiger partial charge in [0.15, 0.2) is 0 Å². The Morgan fingerprint density at radius 1 is 1.24 bits per heavy atom. The van der Waals surface area contributed by atoms with Gasteiger partial charge in [0.2, 0.25) is 0 Å². The fraction of sp³-hybridized carbons (Fsp3) is 0.467. The van der Waals surface area contributed by atoms with Crippen molar-refractivity contribution in [2.75, 3.05) is 20.6 Å². The van der Waals surface area contributed by atoms with E-state index in [2.05, 4.69) is 38.7 Å². The molecule has 0 atom stereocenters. The summed E-state index contributed by atoms with van der Waals surface area (Å²) in [5.74, 6) is 6.22. The minimum absolute atomic E-state index is 0.0761. The van der Waals surface area contributed by atoms with Crippen molar-refractivity contribution in [2.45, 2.75) is 26.2 Å². The molecule has 1 rings (SSSR count). The monoisotopic (exact) mass is 249 g/mol. The Kier molecular flexibility index (Phi) is 4.62. The normalized spacial score (nSPS) is 11.2. The van der Waals surface area contributed by atoms with Crippen LogP contribution in [0, 0.1) is 11.8 Å². The molecule has 0 aromatic heterocycles. The molecule has 17 heavy (non-hydrogen) atoms. The van der Waals surface area contributed by atoms with Crippen LogP contribution in [0.1, 0.15) is 31.9 Å². The van der Waals surface area contributed by atoms with Gasteiger partial charge in [0.1, 0.15) is 0 Å². The first-order chi connectivity index (χ1) is 7.80. The van der Waals surface area contributed by atoms with E-state index in [9.17, 15) is 0 Å². The van der Waals surface area contributed by atoms with Crippen molar-refractivity contribution in [3.63, 3.8) is 0 Å². The predicted molar refractivity (Wildman–Crippen MR) is 75.6 cm³/mol. The first kappa shape index (κ1) is 14.1. The second-order valence-corrected chi connectivity index (χ2v) is 5.89. The van der Waals surface area contributed by atoms with Crippen molar-refractivity contribution in [2.24, 2.45) is 0 Å². The van der Waals surface area contributed by atoms with Crippen LogP contribution in [-0.4, -0.2) is 25.5 Å². The maximum atomic E-state index is 6.28. The summed E-state index contributed by atoms with van der Waals surface area (Å²) in [5, 5.41) is 0.800. The van der Waals surface area contributed by atoms with Crippen molar-refractivity contribution in [1.82, 2.24) is 4.90 Å². The van der Waals surface area contributed by atoms with E-state index >= 15 is 0 Å². The number of rotatable bonds is 1. The number of hydrogen-bond acceptors (Lipinski definition) is 1. The quantitative estimate of drug-likeness (QED) is 0.688. The molecule has 0 unspecified atom stereocenters. The minimum atomic E-state index is 0.0761. The minimum Gasteiger partial charge on any atom is -0.299 e. The third-order valence-electron chi connectivity index (χ3n) is 2.41. The van der Waals surface area contributed by atoms with Crippen LogP contribution in [0.4, 0.5) is 0 Å². The van der Waals surface area contributed by atoms with Gasteiger partial charge < -0.3 is 0 Å². The molecule has 2 heteroatoms. The maximum Gasteiger partial charge on any atom is 0.0600 e. The average Bonchev–Trinajstić information content (AvgIpc) is 2.14. The summed E-state index contributed by atoms with van der Waals surface area (Å²) < 4.78 is 0. The first-order valence-electron chi connectivity index (χ1n) is 5.74. The Morgan fingerprint density at radius 2 is 1.88 bits per heavy atom. The maximum absolute atomic E-state index is 6.28.